The third-order valence-electron chi connectivity index (χ3n) is 3.33. The summed E-state index contributed by atoms with van der Waals surface area (Å²) in [5, 5.41) is 24.2. The van der Waals surface area contributed by atoms with Crippen LogP contribution >= 0.6 is 11.8 Å². The van der Waals surface area contributed by atoms with Gasteiger partial charge < -0.3 is 9.73 Å². The van der Waals surface area contributed by atoms with E-state index in [1.54, 1.807) is 6.92 Å². The van der Waals surface area contributed by atoms with Gasteiger partial charge in [-0.2, -0.15) is 0 Å². The maximum atomic E-state index is 12.0. The first-order valence-corrected chi connectivity index (χ1v) is 7.94. The molecule has 2 aromatic rings. The van der Waals surface area contributed by atoms with Crippen molar-refractivity contribution in [1.29, 1.82) is 0 Å². The molecule has 0 saturated carbocycles. The second-order valence-corrected chi connectivity index (χ2v) is 6.17. The number of thioether (sulfide) groups is 1. The Morgan fingerprint density at radius 3 is 2.58 bits per heavy atom. The van der Waals surface area contributed by atoms with Crippen molar-refractivity contribution in [3.63, 3.8) is 0 Å². The molecular formula is C15H10N4O6S. The molecular weight excluding hydrogens is 364 g/mol. The summed E-state index contributed by atoms with van der Waals surface area (Å²) in [5.41, 5.74) is 1.02. The van der Waals surface area contributed by atoms with E-state index < -0.39 is 21.6 Å². The molecule has 1 aliphatic heterocycles. The number of non-ortho nitro benzene ring substituents is 1. The average Bonchev–Trinajstić information content (AvgIpc) is 3.17. The van der Waals surface area contributed by atoms with Crippen LogP contribution in [0.1, 0.15) is 11.3 Å². The lowest BCUT2D eigenvalue weighted by molar-refractivity contribution is -0.402. The molecule has 1 aliphatic rings. The third-order valence-corrected chi connectivity index (χ3v) is 4.24. The molecule has 0 spiro atoms. The van der Waals surface area contributed by atoms with Gasteiger partial charge in [-0.25, -0.2) is 4.99 Å². The Kier molecular flexibility index (Phi) is 4.54. The van der Waals surface area contributed by atoms with Gasteiger partial charge in [0.1, 0.15) is 10.7 Å². The normalized spacial score (nSPS) is 16.9. The van der Waals surface area contributed by atoms with Gasteiger partial charge in [0.25, 0.3) is 11.6 Å². The summed E-state index contributed by atoms with van der Waals surface area (Å²) in [7, 11) is 0. The number of nitrogens with one attached hydrogen (secondary N) is 1. The van der Waals surface area contributed by atoms with E-state index in [9.17, 15) is 25.0 Å². The molecule has 0 atom stereocenters. The maximum absolute atomic E-state index is 12.0. The number of rotatable bonds is 4. The molecule has 0 unspecified atom stereocenters. The molecule has 10 nitrogen and oxygen atoms in total. The first-order valence-electron chi connectivity index (χ1n) is 7.12. The van der Waals surface area contributed by atoms with E-state index in [1.165, 1.54) is 36.4 Å². The lowest BCUT2D eigenvalue weighted by Crippen LogP contribution is -2.19. The van der Waals surface area contributed by atoms with Crippen LogP contribution in [-0.4, -0.2) is 20.9 Å². The van der Waals surface area contributed by atoms with E-state index >= 15 is 0 Å². The Bertz CT molecular complexity index is 994. The van der Waals surface area contributed by atoms with E-state index in [4.69, 9.17) is 4.42 Å². The minimum atomic E-state index is -0.672. The number of amides is 1. The van der Waals surface area contributed by atoms with Gasteiger partial charge in [-0.15, -0.1) is 0 Å². The van der Waals surface area contributed by atoms with Crippen molar-refractivity contribution < 1.29 is 19.1 Å². The fraction of sp³-hybridized carbons (Fsp3) is 0.0667. The van der Waals surface area contributed by atoms with Gasteiger partial charge in [0.2, 0.25) is 0 Å². The third kappa shape index (κ3) is 3.62. The SMILES string of the molecule is Cc1cc([N+](=O)[O-])ccc1N=C1NC(=O)/C(=C/c2ccc([N+](=O)[O-])o2)S1. The van der Waals surface area contributed by atoms with Gasteiger partial charge in [-0.05, 0) is 36.4 Å². The highest BCUT2D eigenvalue weighted by Gasteiger charge is 2.25. The lowest BCUT2D eigenvalue weighted by atomic mass is 10.2. The van der Waals surface area contributed by atoms with Crippen LogP contribution in [0.2, 0.25) is 0 Å². The zero-order valence-corrected chi connectivity index (χ0v) is 14.0. The van der Waals surface area contributed by atoms with E-state index in [0.717, 1.165) is 11.8 Å². The molecule has 132 valence electrons. The van der Waals surface area contributed by atoms with Crippen LogP contribution in [0, 0.1) is 27.2 Å². The van der Waals surface area contributed by atoms with Gasteiger partial charge >= 0.3 is 5.88 Å². The van der Waals surface area contributed by atoms with Gasteiger partial charge in [-0.3, -0.25) is 25.0 Å². The number of aliphatic imine (C=N–C) groups is 1. The Morgan fingerprint density at radius 1 is 1.19 bits per heavy atom. The molecule has 1 aromatic heterocycles. The molecule has 1 aromatic carbocycles. The summed E-state index contributed by atoms with van der Waals surface area (Å²) in [5.74, 6) is -0.676. The minimum absolute atomic E-state index is 0.0467. The van der Waals surface area contributed by atoms with Crippen LogP contribution in [-0.2, 0) is 4.79 Å². The topological polar surface area (TPSA) is 141 Å². The van der Waals surface area contributed by atoms with Crippen molar-refractivity contribution in [2.45, 2.75) is 6.92 Å². The smallest absolute Gasteiger partial charge is 0.401 e. The van der Waals surface area contributed by atoms with E-state index in [2.05, 4.69) is 10.3 Å². The fourth-order valence-corrected chi connectivity index (χ4v) is 2.93. The van der Waals surface area contributed by atoms with E-state index in [1.807, 2.05) is 0 Å². The molecule has 26 heavy (non-hydrogen) atoms. The second-order valence-electron chi connectivity index (χ2n) is 5.14. The zero-order chi connectivity index (χ0) is 18.8. The molecule has 11 heteroatoms. The van der Waals surface area contributed by atoms with Crippen LogP contribution in [0.3, 0.4) is 0 Å². The first-order chi connectivity index (χ1) is 12.3. The van der Waals surface area contributed by atoms with Gasteiger partial charge in [0.05, 0.1) is 21.6 Å². The molecule has 0 radical (unpaired) electrons. The Labute approximate surface area is 149 Å². The summed E-state index contributed by atoms with van der Waals surface area (Å²) in [4.78, 5) is 36.7. The summed E-state index contributed by atoms with van der Waals surface area (Å²) in [6.07, 6.45) is 1.37. The second kappa shape index (κ2) is 6.80. The van der Waals surface area contributed by atoms with E-state index in [0.29, 0.717) is 16.4 Å². The van der Waals surface area contributed by atoms with Crippen LogP contribution in [0.5, 0.6) is 0 Å². The van der Waals surface area contributed by atoms with Crippen LogP contribution in [0.4, 0.5) is 17.3 Å². The molecule has 1 saturated heterocycles. The quantitative estimate of drug-likeness (QED) is 0.491. The Balaban J connectivity index is 1.82. The number of amidine groups is 1. The molecule has 2 heterocycles. The van der Waals surface area contributed by atoms with Crippen LogP contribution in [0.15, 0.2) is 44.6 Å². The largest absolute Gasteiger partial charge is 0.433 e. The number of furan rings is 1. The van der Waals surface area contributed by atoms with E-state index in [-0.39, 0.29) is 16.4 Å². The van der Waals surface area contributed by atoms with Crippen molar-refractivity contribution in [3.05, 3.63) is 66.8 Å². The van der Waals surface area contributed by atoms with Crippen LogP contribution < -0.4 is 5.32 Å². The number of hydrogen-bond donors (Lipinski definition) is 1. The highest BCUT2D eigenvalue weighted by molar-refractivity contribution is 8.18. The number of carbonyl (C=O) groups excluding carboxylic acids is 1. The molecule has 1 amide bonds. The Hall–Kier alpha value is -3.47. The standard InChI is InChI=1S/C15H10N4O6S/c1-8-6-9(18(21)22)2-4-11(8)16-15-17-14(20)12(26-15)7-10-3-5-13(25-10)19(23)24/h2-7H,1H3,(H,16,17,20)/b12-7-. The highest BCUT2D eigenvalue weighted by atomic mass is 32.2. The average molecular weight is 374 g/mol. The van der Waals surface area contributed by atoms with Crippen molar-refractivity contribution in [1.82, 2.24) is 5.32 Å². The lowest BCUT2D eigenvalue weighted by Gasteiger charge is -2.01. The predicted octanol–water partition coefficient (Wildman–Crippen LogP) is 3.30. The van der Waals surface area contributed by atoms with Gasteiger partial charge in [0.15, 0.2) is 5.17 Å². The highest BCUT2D eigenvalue weighted by Crippen LogP contribution is 2.31. The summed E-state index contributed by atoms with van der Waals surface area (Å²) < 4.78 is 4.99. The predicted molar refractivity (Wildman–Crippen MR) is 94.0 cm³/mol. The number of nitro benzene ring substituents is 1. The molecule has 1 N–H and O–H groups in total. The molecule has 1 fully saturated rings. The Morgan fingerprint density at radius 2 is 1.96 bits per heavy atom. The van der Waals surface area contributed by atoms with Crippen molar-refractivity contribution in [2.24, 2.45) is 4.99 Å². The number of benzene rings is 1. The number of nitrogens with zero attached hydrogens (tertiary/aromatic N) is 3. The number of aryl methyl sites for hydroxylation is 1. The molecule has 0 bridgehead atoms. The maximum Gasteiger partial charge on any atom is 0.433 e. The minimum Gasteiger partial charge on any atom is -0.401 e. The first kappa shape index (κ1) is 17.4. The van der Waals surface area contributed by atoms with Crippen molar-refractivity contribution in [3.8, 4) is 0 Å². The van der Waals surface area contributed by atoms with Crippen LogP contribution in [0.25, 0.3) is 6.08 Å². The van der Waals surface area contributed by atoms with Gasteiger partial charge in [-0.1, -0.05) is 0 Å². The van der Waals surface area contributed by atoms with Crippen molar-refractivity contribution in [2.75, 3.05) is 0 Å². The number of nitro groups is 2. The number of hydrogen-bond acceptors (Lipinski definition) is 8. The molecule has 0 aliphatic carbocycles. The van der Waals surface area contributed by atoms with Crippen molar-refractivity contribution >= 4 is 46.2 Å². The summed E-state index contributed by atoms with van der Waals surface area (Å²) >= 11 is 1.03. The fourth-order valence-electron chi connectivity index (χ4n) is 2.12. The van der Waals surface area contributed by atoms with Gasteiger partial charge in [0, 0.05) is 18.2 Å². The zero-order valence-electron chi connectivity index (χ0n) is 13.2. The monoisotopic (exact) mass is 374 g/mol. The summed E-state index contributed by atoms with van der Waals surface area (Å²) in [6, 6.07) is 6.78. The number of carbonyl (C=O) groups is 1. The summed E-state index contributed by atoms with van der Waals surface area (Å²) in [6.45, 7) is 1.67. The molecule has 3 rings (SSSR count).